The van der Waals surface area contributed by atoms with E-state index in [-0.39, 0.29) is 5.82 Å². The highest BCUT2D eigenvalue weighted by molar-refractivity contribution is 5.80. The lowest BCUT2D eigenvalue weighted by Gasteiger charge is -2.07. The molecule has 0 bridgehead atoms. The fraction of sp³-hybridized carbons (Fsp3) is 0.235. The monoisotopic (exact) mass is 283 g/mol. The Morgan fingerprint density at radius 3 is 2.86 bits per heavy atom. The number of rotatable bonds is 5. The molecule has 0 aliphatic carbocycles. The Bertz CT molecular complexity index is 749. The summed E-state index contributed by atoms with van der Waals surface area (Å²) in [7, 11) is 0. The summed E-state index contributed by atoms with van der Waals surface area (Å²) in [5.41, 5.74) is 3.28. The zero-order valence-electron chi connectivity index (χ0n) is 12.0. The van der Waals surface area contributed by atoms with Gasteiger partial charge in [0.25, 0.3) is 0 Å². The van der Waals surface area contributed by atoms with E-state index in [1.807, 2.05) is 6.20 Å². The van der Waals surface area contributed by atoms with Crippen LogP contribution in [0.4, 0.5) is 4.39 Å². The van der Waals surface area contributed by atoms with E-state index < -0.39 is 0 Å². The minimum Gasteiger partial charge on any atom is -0.343 e. The van der Waals surface area contributed by atoms with E-state index in [2.05, 4.69) is 46.1 Å². The minimum atomic E-state index is -0.295. The summed E-state index contributed by atoms with van der Waals surface area (Å²) in [5.74, 6) is -0.295. The van der Waals surface area contributed by atoms with Crippen LogP contribution in [0.15, 0.2) is 48.9 Å². The Morgan fingerprint density at radius 1 is 1.14 bits per heavy atom. The molecule has 0 fully saturated rings. The van der Waals surface area contributed by atoms with Crippen molar-refractivity contribution in [2.24, 2.45) is 0 Å². The lowest BCUT2D eigenvalue weighted by atomic mass is 10.1. The number of pyridine rings is 1. The van der Waals surface area contributed by atoms with Crippen molar-refractivity contribution in [3.63, 3.8) is 0 Å². The molecule has 2 aromatic heterocycles. The van der Waals surface area contributed by atoms with E-state index in [9.17, 15) is 4.39 Å². The van der Waals surface area contributed by atoms with Crippen molar-refractivity contribution in [2.75, 3.05) is 6.54 Å². The molecule has 0 amide bonds. The van der Waals surface area contributed by atoms with Gasteiger partial charge in [-0.05, 0) is 41.3 Å². The molecule has 0 radical (unpaired) electrons. The van der Waals surface area contributed by atoms with Crippen LogP contribution in [0, 0.1) is 5.82 Å². The highest BCUT2D eigenvalue weighted by atomic mass is 19.1. The van der Waals surface area contributed by atoms with Crippen LogP contribution in [0.5, 0.6) is 0 Å². The molecule has 0 spiro atoms. The van der Waals surface area contributed by atoms with Crippen LogP contribution in [-0.4, -0.2) is 16.1 Å². The zero-order chi connectivity index (χ0) is 14.7. The number of hydrogen-bond donors (Lipinski definition) is 1. The number of halogens is 1. The van der Waals surface area contributed by atoms with Gasteiger partial charge in [0, 0.05) is 31.0 Å². The van der Waals surface area contributed by atoms with Crippen LogP contribution < -0.4 is 5.32 Å². The molecule has 3 rings (SSSR count). The van der Waals surface area contributed by atoms with E-state index in [0.29, 0.717) is 6.54 Å². The summed E-state index contributed by atoms with van der Waals surface area (Å²) >= 11 is 0. The SMILES string of the molecule is CCNCc1ccc2ccn(Cc3cncc(F)c3)c2c1. The molecule has 1 N–H and O–H groups in total. The molecule has 0 aliphatic rings. The van der Waals surface area contributed by atoms with Crippen molar-refractivity contribution in [3.05, 3.63) is 65.9 Å². The first kappa shape index (κ1) is 13.8. The summed E-state index contributed by atoms with van der Waals surface area (Å²) in [4.78, 5) is 3.90. The van der Waals surface area contributed by atoms with Crippen LogP contribution in [0.1, 0.15) is 18.1 Å². The van der Waals surface area contributed by atoms with Gasteiger partial charge < -0.3 is 9.88 Å². The summed E-state index contributed by atoms with van der Waals surface area (Å²) in [5, 5.41) is 4.52. The Hall–Kier alpha value is -2.20. The standard InChI is InChI=1S/C17H18FN3/c1-2-19-9-13-3-4-15-5-6-21(17(15)8-13)12-14-7-16(18)11-20-10-14/h3-8,10-11,19H,2,9,12H2,1H3. The van der Waals surface area contributed by atoms with Crippen LogP contribution >= 0.6 is 0 Å². The van der Waals surface area contributed by atoms with Gasteiger partial charge in [0.2, 0.25) is 0 Å². The second-order valence-electron chi connectivity index (χ2n) is 5.13. The van der Waals surface area contributed by atoms with E-state index in [4.69, 9.17) is 0 Å². The topological polar surface area (TPSA) is 29.9 Å². The Morgan fingerprint density at radius 2 is 2.05 bits per heavy atom. The first-order valence-electron chi connectivity index (χ1n) is 7.14. The summed E-state index contributed by atoms with van der Waals surface area (Å²) in [6.45, 7) is 4.53. The van der Waals surface area contributed by atoms with E-state index >= 15 is 0 Å². The molecule has 21 heavy (non-hydrogen) atoms. The fourth-order valence-corrected chi connectivity index (χ4v) is 2.49. The quantitative estimate of drug-likeness (QED) is 0.778. The third-order valence-corrected chi connectivity index (χ3v) is 3.53. The first-order chi connectivity index (χ1) is 10.3. The van der Waals surface area contributed by atoms with Gasteiger partial charge in [0.05, 0.1) is 6.20 Å². The third-order valence-electron chi connectivity index (χ3n) is 3.53. The molecule has 2 heterocycles. The Balaban J connectivity index is 1.91. The molecular weight excluding hydrogens is 265 g/mol. The third kappa shape index (κ3) is 3.11. The molecule has 0 saturated heterocycles. The second kappa shape index (κ2) is 6.06. The molecule has 0 saturated carbocycles. The van der Waals surface area contributed by atoms with Gasteiger partial charge in [-0.3, -0.25) is 4.98 Å². The Kier molecular flexibility index (Phi) is 3.97. The van der Waals surface area contributed by atoms with Crippen molar-refractivity contribution in [1.82, 2.24) is 14.9 Å². The van der Waals surface area contributed by atoms with Gasteiger partial charge in [0.1, 0.15) is 5.82 Å². The van der Waals surface area contributed by atoms with Crippen LogP contribution in [0.2, 0.25) is 0 Å². The number of hydrogen-bond acceptors (Lipinski definition) is 2. The van der Waals surface area contributed by atoms with Gasteiger partial charge in [0.15, 0.2) is 0 Å². The molecule has 0 aliphatic heterocycles. The zero-order valence-corrected chi connectivity index (χ0v) is 12.0. The lowest BCUT2D eigenvalue weighted by molar-refractivity contribution is 0.617. The van der Waals surface area contributed by atoms with E-state index in [0.717, 1.165) is 24.2 Å². The van der Waals surface area contributed by atoms with Gasteiger partial charge in [-0.25, -0.2) is 4.39 Å². The fourth-order valence-electron chi connectivity index (χ4n) is 2.49. The summed E-state index contributed by atoms with van der Waals surface area (Å²) in [6.07, 6.45) is 4.97. The molecule has 1 aromatic carbocycles. The molecular formula is C17H18FN3. The summed E-state index contributed by atoms with van der Waals surface area (Å²) in [6, 6.07) is 10.1. The van der Waals surface area contributed by atoms with Crippen molar-refractivity contribution in [1.29, 1.82) is 0 Å². The second-order valence-corrected chi connectivity index (χ2v) is 5.13. The number of nitrogens with one attached hydrogen (secondary N) is 1. The maximum atomic E-state index is 13.2. The highest BCUT2D eigenvalue weighted by Gasteiger charge is 2.04. The Labute approximate surface area is 123 Å². The van der Waals surface area contributed by atoms with Crippen molar-refractivity contribution in [2.45, 2.75) is 20.0 Å². The van der Waals surface area contributed by atoms with E-state index in [1.165, 1.54) is 23.2 Å². The predicted molar refractivity (Wildman–Crippen MR) is 82.6 cm³/mol. The molecule has 0 atom stereocenters. The largest absolute Gasteiger partial charge is 0.343 e. The predicted octanol–water partition coefficient (Wildman–Crippen LogP) is 3.33. The average Bonchev–Trinajstić information content (AvgIpc) is 2.88. The van der Waals surface area contributed by atoms with Crippen molar-refractivity contribution in [3.8, 4) is 0 Å². The van der Waals surface area contributed by atoms with Gasteiger partial charge in [-0.2, -0.15) is 0 Å². The highest BCUT2D eigenvalue weighted by Crippen LogP contribution is 2.19. The van der Waals surface area contributed by atoms with Gasteiger partial charge in [-0.1, -0.05) is 19.1 Å². The average molecular weight is 283 g/mol. The smallest absolute Gasteiger partial charge is 0.141 e. The maximum Gasteiger partial charge on any atom is 0.141 e. The molecule has 3 aromatic rings. The number of aromatic nitrogens is 2. The first-order valence-corrected chi connectivity index (χ1v) is 7.14. The molecule has 3 nitrogen and oxygen atoms in total. The van der Waals surface area contributed by atoms with Gasteiger partial charge in [-0.15, -0.1) is 0 Å². The van der Waals surface area contributed by atoms with Crippen molar-refractivity contribution < 1.29 is 4.39 Å². The molecule has 108 valence electrons. The van der Waals surface area contributed by atoms with Gasteiger partial charge >= 0.3 is 0 Å². The number of fused-ring (bicyclic) bond motifs is 1. The number of benzene rings is 1. The van der Waals surface area contributed by atoms with Crippen LogP contribution in [0.25, 0.3) is 10.9 Å². The molecule has 0 unspecified atom stereocenters. The maximum absolute atomic E-state index is 13.2. The number of nitrogens with zero attached hydrogens (tertiary/aromatic N) is 2. The van der Waals surface area contributed by atoms with Crippen molar-refractivity contribution >= 4 is 10.9 Å². The van der Waals surface area contributed by atoms with Crippen LogP contribution in [-0.2, 0) is 13.1 Å². The summed E-state index contributed by atoms with van der Waals surface area (Å²) < 4.78 is 15.4. The minimum absolute atomic E-state index is 0.295. The molecule has 4 heteroatoms. The van der Waals surface area contributed by atoms with E-state index in [1.54, 1.807) is 6.20 Å². The van der Waals surface area contributed by atoms with Crippen LogP contribution in [0.3, 0.4) is 0 Å². The lowest BCUT2D eigenvalue weighted by Crippen LogP contribution is -2.11. The normalized spacial score (nSPS) is 11.1.